The van der Waals surface area contributed by atoms with E-state index in [0.29, 0.717) is 21.2 Å². The van der Waals surface area contributed by atoms with Gasteiger partial charge in [0.2, 0.25) is 0 Å². The first-order valence-corrected chi connectivity index (χ1v) is 7.43. The molecule has 0 saturated heterocycles. The van der Waals surface area contributed by atoms with Gasteiger partial charge in [0.15, 0.2) is 5.72 Å². The van der Waals surface area contributed by atoms with Gasteiger partial charge >= 0.3 is 0 Å². The van der Waals surface area contributed by atoms with E-state index < -0.39 is 11.6 Å². The molecule has 1 aliphatic rings. The Bertz CT molecular complexity index is 852. The molecule has 1 amide bonds. The minimum Gasteiger partial charge on any atom is -0.363 e. The summed E-state index contributed by atoms with van der Waals surface area (Å²) in [7, 11) is 0. The van der Waals surface area contributed by atoms with Crippen LogP contribution in [0.4, 0.5) is 0 Å². The first-order chi connectivity index (χ1) is 11.0. The van der Waals surface area contributed by atoms with E-state index in [2.05, 4.69) is 5.32 Å². The summed E-state index contributed by atoms with van der Waals surface area (Å²) in [4.78, 5) is 12.1. The second kappa shape index (κ2) is 5.71. The fraction of sp³-hybridized carbons (Fsp3) is 0.0588. The van der Waals surface area contributed by atoms with E-state index in [4.69, 9.17) is 23.2 Å². The number of carbonyl (C=O) groups excluding carboxylic acids is 1. The molecular weight excluding hydrogens is 335 g/mol. The molecule has 0 radical (unpaired) electrons. The number of nitrogens with zero attached hydrogens (tertiary/aromatic N) is 1. The molecule has 0 bridgehead atoms. The van der Waals surface area contributed by atoms with Crippen molar-refractivity contribution >= 4 is 34.7 Å². The predicted molar refractivity (Wildman–Crippen MR) is 87.5 cm³/mol. The molecular formula is C17H10Cl2N2O2. The lowest BCUT2D eigenvalue weighted by atomic mass is 9.89. The normalized spacial score (nSPS) is 20.3. The van der Waals surface area contributed by atoms with Crippen LogP contribution in [-0.2, 0) is 10.5 Å². The van der Waals surface area contributed by atoms with Crippen molar-refractivity contribution in [3.8, 4) is 6.07 Å². The maximum Gasteiger partial charge on any atom is 0.265 e. The SMILES string of the molecule is N#CC1=C(c2ccc(Cl)cc2)[C@@](O)(c2ccc(Cl)cc2)NC1=O. The van der Waals surface area contributed by atoms with E-state index in [9.17, 15) is 15.2 Å². The van der Waals surface area contributed by atoms with Crippen LogP contribution in [0.5, 0.6) is 0 Å². The molecule has 1 aliphatic heterocycles. The van der Waals surface area contributed by atoms with Gasteiger partial charge in [-0.3, -0.25) is 4.79 Å². The summed E-state index contributed by atoms with van der Waals surface area (Å²) in [6.45, 7) is 0. The number of halogens is 2. The summed E-state index contributed by atoms with van der Waals surface area (Å²) in [5.74, 6) is -0.630. The first kappa shape index (κ1) is 15.6. The monoisotopic (exact) mass is 344 g/mol. The molecule has 1 atom stereocenters. The molecule has 1 heterocycles. The second-order valence-corrected chi connectivity index (χ2v) is 5.91. The lowest BCUT2D eigenvalue weighted by Crippen LogP contribution is -2.41. The molecule has 6 heteroatoms. The minimum atomic E-state index is -1.80. The highest BCUT2D eigenvalue weighted by Gasteiger charge is 2.45. The lowest BCUT2D eigenvalue weighted by Gasteiger charge is -2.27. The van der Waals surface area contributed by atoms with Crippen LogP contribution in [0.25, 0.3) is 5.57 Å². The zero-order chi connectivity index (χ0) is 16.6. The molecule has 114 valence electrons. The second-order valence-electron chi connectivity index (χ2n) is 5.04. The van der Waals surface area contributed by atoms with E-state index in [1.165, 1.54) is 0 Å². The number of rotatable bonds is 2. The number of hydrogen-bond donors (Lipinski definition) is 2. The molecule has 0 spiro atoms. The van der Waals surface area contributed by atoms with Crippen LogP contribution in [0, 0.1) is 11.3 Å². The molecule has 2 aromatic carbocycles. The molecule has 3 rings (SSSR count). The van der Waals surface area contributed by atoms with Gasteiger partial charge in [0.05, 0.1) is 0 Å². The zero-order valence-electron chi connectivity index (χ0n) is 11.7. The van der Waals surface area contributed by atoms with Crippen LogP contribution >= 0.6 is 23.2 Å². The van der Waals surface area contributed by atoms with Crippen molar-refractivity contribution in [1.82, 2.24) is 5.32 Å². The largest absolute Gasteiger partial charge is 0.363 e. The van der Waals surface area contributed by atoms with Crippen LogP contribution in [0.3, 0.4) is 0 Å². The molecule has 2 aromatic rings. The van der Waals surface area contributed by atoms with Gasteiger partial charge in [-0.15, -0.1) is 0 Å². The van der Waals surface area contributed by atoms with Crippen LogP contribution < -0.4 is 5.32 Å². The van der Waals surface area contributed by atoms with E-state index >= 15 is 0 Å². The summed E-state index contributed by atoms with van der Waals surface area (Å²) < 4.78 is 0. The van der Waals surface area contributed by atoms with Crippen molar-refractivity contribution in [3.05, 3.63) is 75.3 Å². The number of carbonyl (C=O) groups is 1. The van der Waals surface area contributed by atoms with Gasteiger partial charge in [-0.2, -0.15) is 5.26 Å². The van der Waals surface area contributed by atoms with E-state index in [-0.39, 0.29) is 11.1 Å². The quantitative estimate of drug-likeness (QED) is 0.878. The third-order valence-corrected chi connectivity index (χ3v) is 4.14. The highest BCUT2D eigenvalue weighted by atomic mass is 35.5. The van der Waals surface area contributed by atoms with Gasteiger partial charge in [0, 0.05) is 21.2 Å². The number of nitrogens with one attached hydrogen (secondary N) is 1. The van der Waals surface area contributed by atoms with Gasteiger partial charge in [-0.1, -0.05) is 47.5 Å². The van der Waals surface area contributed by atoms with Gasteiger partial charge in [0.25, 0.3) is 5.91 Å². The van der Waals surface area contributed by atoms with E-state index in [1.54, 1.807) is 48.5 Å². The molecule has 0 fully saturated rings. The molecule has 0 aliphatic carbocycles. The molecule has 0 saturated carbocycles. The summed E-state index contributed by atoms with van der Waals surface area (Å²) in [5.41, 5.74) is -0.804. The van der Waals surface area contributed by atoms with Crippen molar-refractivity contribution in [1.29, 1.82) is 5.26 Å². The lowest BCUT2D eigenvalue weighted by molar-refractivity contribution is -0.120. The van der Waals surface area contributed by atoms with Gasteiger partial charge in [0.1, 0.15) is 11.6 Å². The Morgan fingerprint density at radius 3 is 2.04 bits per heavy atom. The van der Waals surface area contributed by atoms with E-state index in [0.717, 1.165) is 0 Å². The molecule has 0 aromatic heterocycles. The summed E-state index contributed by atoms with van der Waals surface area (Å²) in [6, 6.07) is 14.8. The maximum atomic E-state index is 12.1. The van der Waals surface area contributed by atoms with Crippen LogP contribution in [-0.4, -0.2) is 11.0 Å². The number of amides is 1. The summed E-state index contributed by atoms with van der Waals surface area (Å²) in [6.07, 6.45) is 0. The van der Waals surface area contributed by atoms with Gasteiger partial charge in [-0.25, -0.2) is 0 Å². The minimum absolute atomic E-state index is 0.134. The number of nitriles is 1. The van der Waals surface area contributed by atoms with Crippen molar-refractivity contribution in [2.45, 2.75) is 5.72 Å². The molecule has 0 unspecified atom stereocenters. The zero-order valence-corrected chi connectivity index (χ0v) is 13.2. The highest BCUT2D eigenvalue weighted by Crippen LogP contribution is 2.41. The Labute approximate surface area is 142 Å². The van der Waals surface area contributed by atoms with Crippen molar-refractivity contribution in [2.24, 2.45) is 0 Å². The average molecular weight is 345 g/mol. The summed E-state index contributed by atoms with van der Waals surface area (Å²) >= 11 is 11.8. The fourth-order valence-corrected chi connectivity index (χ4v) is 2.82. The highest BCUT2D eigenvalue weighted by molar-refractivity contribution is 6.31. The van der Waals surface area contributed by atoms with Crippen LogP contribution in [0.15, 0.2) is 54.1 Å². The smallest absolute Gasteiger partial charge is 0.265 e. The van der Waals surface area contributed by atoms with Gasteiger partial charge < -0.3 is 10.4 Å². The topological polar surface area (TPSA) is 73.1 Å². The first-order valence-electron chi connectivity index (χ1n) is 6.67. The van der Waals surface area contributed by atoms with Gasteiger partial charge in [-0.05, 0) is 29.8 Å². The van der Waals surface area contributed by atoms with Crippen molar-refractivity contribution < 1.29 is 9.90 Å². The summed E-state index contributed by atoms with van der Waals surface area (Å²) in [5, 5.41) is 23.9. The third kappa shape index (κ3) is 2.60. The third-order valence-electron chi connectivity index (χ3n) is 3.64. The van der Waals surface area contributed by atoms with Crippen LogP contribution in [0.2, 0.25) is 10.0 Å². The standard InChI is InChI=1S/C17H10Cl2N2O2/c18-12-5-1-10(2-6-12)15-14(9-20)16(22)21-17(15,23)11-3-7-13(19)8-4-11/h1-8,23H,(H,21,22)/t17-/m0/s1. The van der Waals surface area contributed by atoms with E-state index in [1.807, 2.05) is 6.07 Å². The predicted octanol–water partition coefficient (Wildman–Crippen LogP) is 3.25. The Kier molecular flexibility index (Phi) is 3.87. The molecule has 2 N–H and O–H groups in total. The number of hydrogen-bond acceptors (Lipinski definition) is 3. The number of aliphatic hydroxyl groups is 1. The van der Waals surface area contributed by atoms with Crippen LogP contribution in [0.1, 0.15) is 11.1 Å². The van der Waals surface area contributed by atoms with Crippen molar-refractivity contribution in [2.75, 3.05) is 0 Å². The number of benzene rings is 2. The molecule has 23 heavy (non-hydrogen) atoms. The average Bonchev–Trinajstić information content (AvgIpc) is 2.80. The molecule has 4 nitrogen and oxygen atoms in total. The fourth-order valence-electron chi connectivity index (χ4n) is 2.57. The Morgan fingerprint density at radius 1 is 1.00 bits per heavy atom. The Hall–Kier alpha value is -2.32. The van der Waals surface area contributed by atoms with Crippen molar-refractivity contribution in [3.63, 3.8) is 0 Å². The Balaban J connectivity index is 2.22. The maximum absolute atomic E-state index is 12.1. The Morgan fingerprint density at radius 2 is 1.52 bits per heavy atom.